The van der Waals surface area contributed by atoms with Gasteiger partial charge in [0.1, 0.15) is 11.6 Å². The summed E-state index contributed by atoms with van der Waals surface area (Å²) in [5.41, 5.74) is 3.05. The van der Waals surface area contributed by atoms with E-state index < -0.39 is 0 Å². The van der Waals surface area contributed by atoms with Crippen LogP contribution in [0.1, 0.15) is 57.7 Å². The molecule has 3 aromatic rings. The number of aryl methyl sites for hydroxylation is 1. The van der Waals surface area contributed by atoms with Crippen molar-refractivity contribution < 1.29 is 9.53 Å². The maximum atomic E-state index is 13.0. The Hall–Kier alpha value is -2.82. The number of benzene rings is 2. The van der Waals surface area contributed by atoms with Crippen molar-refractivity contribution in [2.75, 3.05) is 18.1 Å². The number of hydrogen-bond donors (Lipinski definition) is 0. The molecule has 2 heterocycles. The molecule has 30 heavy (non-hydrogen) atoms. The fourth-order valence-corrected chi connectivity index (χ4v) is 4.41. The van der Waals surface area contributed by atoms with E-state index in [9.17, 15) is 4.79 Å². The van der Waals surface area contributed by atoms with Crippen molar-refractivity contribution in [2.45, 2.75) is 58.4 Å². The number of carbonyl (C=O) groups is 1. The van der Waals surface area contributed by atoms with Crippen molar-refractivity contribution in [1.82, 2.24) is 9.55 Å². The van der Waals surface area contributed by atoms with Gasteiger partial charge < -0.3 is 14.2 Å². The number of unbranched alkanes of at least 4 members (excludes halogenated alkanes) is 3. The monoisotopic (exact) mass is 405 g/mol. The van der Waals surface area contributed by atoms with E-state index in [0.717, 1.165) is 35.7 Å². The van der Waals surface area contributed by atoms with Crippen LogP contribution in [0.4, 0.5) is 5.69 Å². The van der Waals surface area contributed by atoms with Gasteiger partial charge in [0.05, 0.1) is 23.3 Å². The molecule has 1 aliphatic rings. The van der Waals surface area contributed by atoms with Gasteiger partial charge in [-0.25, -0.2) is 4.98 Å². The van der Waals surface area contributed by atoms with Gasteiger partial charge in [0.25, 0.3) is 0 Å². The largest absolute Gasteiger partial charge is 0.492 e. The third-order valence-corrected chi connectivity index (χ3v) is 5.87. The Balaban J connectivity index is 1.62. The average molecular weight is 406 g/mol. The molecule has 1 fully saturated rings. The first-order valence-electron chi connectivity index (χ1n) is 11.2. The lowest BCUT2D eigenvalue weighted by atomic mass is 10.1. The third-order valence-electron chi connectivity index (χ3n) is 5.87. The molecule has 0 radical (unpaired) electrons. The SMILES string of the molecule is CCCCCCn1c(C2CC(=O)N(c3ccccc3OCC)C2)nc2ccccc21. The molecule has 5 heteroatoms. The Morgan fingerprint density at radius 1 is 1.03 bits per heavy atom. The van der Waals surface area contributed by atoms with Gasteiger partial charge in [-0.2, -0.15) is 0 Å². The Morgan fingerprint density at radius 2 is 1.83 bits per heavy atom. The van der Waals surface area contributed by atoms with Gasteiger partial charge in [0.15, 0.2) is 0 Å². The molecule has 1 saturated heterocycles. The highest BCUT2D eigenvalue weighted by atomic mass is 16.5. The number of nitrogens with zero attached hydrogens (tertiary/aromatic N) is 3. The van der Waals surface area contributed by atoms with E-state index in [1.807, 2.05) is 42.2 Å². The maximum absolute atomic E-state index is 13.0. The highest BCUT2D eigenvalue weighted by molar-refractivity contribution is 5.97. The summed E-state index contributed by atoms with van der Waals surface area (Å²) in [5.74, 6) is 2.03. The van der Waals surface area contributed by atoms with E-state index in [0.29, 0.717) is 19.6 Å². The molecule has 0 aliphatic carbocycles. The van der Waals surface area contributed by atoms with Gasteiger partial charge in [0, 0.05) is 25.4 Å². The zero-order valence-electron chi connectivity index (χ0n) is 18.0. The molecule has 5 nitrogen and oxygen atoms in total. The van der Waals surface area contributed by atoms with Crippen molar-refractivity contribution in [3.8, 4) is 5.75 Å². The summed E-state index contributed by atoms with van der Waals surface area (Å²) in [6, 6.07) is 16.1. The summed E-state index contributed by atoms with van der Waals surface area (Å²) in [7, 11) is 0. The summed E-state index contributed by atoms with van der Waals surface area (Å²) in [6.07, 6.45) is 5.33. The zero-order valence-corrected chi connectivity index (χ0v) is 18.0. The van der Waals surface area contributed by atoms with E-state index >= 15 is 0 Å². The summed E-state index contributed by atoms with van der Waals surface area (Å²) in [5, 5.41) is 0. The first-order chi connectivity index (χ1) is 14.7. The molecule has 0 N–H and O–H groups in total. The van der Waals surface area contributed by atoms with Crippen LogP contribution >= 0.6 is 0 Å². The van der Waals surface area contributed by atoms with Crippen LogP contribution < -0.4 is 9.64 Å². The molecule has 1 aliphatic heterocycles. The predicted octanol–water partition coefficient (Wildman–Crippen LogP) is 5.54. The lowest BCUT2D eigenvalue weighted by Gasteiger charge is -2.20. The number of anilines is 1. The average Bonchev–Trinajstić information content (AvgIpc) is 3.32. The van der Waals surface area contributed by atoms with Crippen LogP contribution in [0, 0.1) is 0 Å². The maximum Gasteiger partial charge on any atom is 0.227 e. The van der Waals surface area contributed by atoms with Crippen molar-refractivity contribution in [2.24, 2.45) is 0 Å². The van der Waals surface area contributed by atoms with Gasteiger partial charge in [-0.15, -0.1) is 0 Å². The van der Waals surface area contributed by atoms with Crippen LogP contribution in [-0.2, 0) is 11.3 Å². The molecule has 0 spiro atoms. The van der Waals surface area contributed by atoms with Crippen LogP contribution in [0.25, 0.3) is 11.0 Å². The molecule has 1 aromatic heterocycles. The van der Waals surface area contributed by atoms with Crippen LogP contribution in [-0.4, -0.2) is 28.6 Å². The summed E-state index contributed by atoms with van der Waals surface area (Å²) >= 11 is 0. The first kappa shape index (κ1) is 20.5. The van der Waals surface area contributed by atoms with E-state index in [1.54, 1.807) is 0 Å². The fraction of sp³-hybridized carbons (Fsp3) is 0.440. The van der Waals surface area contributed by atoms with E-state index in [-0.39, 0.29) is 11.8 Å². The van der Waals surface area contributed by atoms with Gasteiger partial charge in [-0.3, -0.25) is 4.79 Å². The van der Waals surface area contributed by atoms with Crippen molar-refractivity contribution >= 4 is 22.6 Å². The van der Waals surface area contributed by atoms with Crippen molar-refractivity contribution in [3.05, 3.63) is 54.4 Å². The van der Waals surface area contributed by atoms with Gasteiger partial charge >= 0.3 is 0 Å². The van der Waals surface area contributed by atoms with Crippen LogP contribution in [0.5, 0.6) is 5.75 Å². The number of hydrogen-bond acceptors (Lipinski definition) is 3. The molecular formula is C25H31N3O2. The highest BCUT2D eigenvalue weighted by Gasteiger charge is 2.35. The minimum Gasteiger partial charge on any atom is -0.492 e. The first-order valence-corrected chi connectivity index (χ1v) is 11.2. The fourth-order valence-electron chi connectivity index (χ4n) is 4.41. The van der Waals surface area contributed by atoms with E-state index in [4.69, 9.17) is 9.72 Å². The number of fused-ring (bicyclic) bond motifs is 1. The second-order valence-electron chi connectivity index (χ2n) is 7.98. The standard InChI is InChI=1S/C25H31N3O2/c1-3-5-6-11-16-27-21-13-8-7-12-20(21)26-25(27)19-17-24(29)28(18-19)22-14-9-10-15-23(22)30-4-2/h7-10,12-15,19H,3-6,11,16-18H2,1-2H3. The Bertz CT molecular complexity index is 1010. The number of carbonyl (C=O) groups excluding carboxylic acids is 1. The third kappa shape index (κ3) is 4.07. The summed E-state index contributed by atoms with van der Waals surface area (Å²) in [6.45, 7) is 6.37. The molecule has 1 atom stereocenters. The molecule has 0 bridgehead atoms. The van der Waals surface area contributed by atoms with Crippen LogP contribution in [0.2, 0.25) is 0 Å². The summed E-state index contributed by atoms with van der Waals surface area (Å²) in [4.78, 5) is 19.8. The second kappa shape index (κ2) is 9.33. The zero-order chi connectivity index (χ0) is 20.9. The van der Waals surface area contributed by atoms with Gasteiger partial charge in [-0.05, 0) is 37.6 Å². The number of para-hydroxylation sites is 4. The van der Waals surface area contributed by atoms with Crippen molar-refractivity contribution in [3.63, 3.8) is 0 Å². The van der Waals surface area contributed by atoms with E-state index in [1.165, 1.54) is 24.8 Å². The van der Waals surface area contributed by atoms with Gasteiger partial charge in [0.2, 0.25) is 5.91 Å². The number of imidazole rings is 1. The molecule has 1 amide bonds. The number of rotatable bonds is 9. The van der Waals surface area contributed by atoms with E-state index in [2.05, 4.69) is 29.7 Å². The molecule has 4 rings (SSSR count). The number of aromatic nitrogens is 2. The number of ether oxygens (including phenoxy) is 1. The topological polar surface area (TPSA) is 47.4 Å². The molecule has 0 saturated carbocycles. The summed E-state index contributed by atoms with van der Waals surface area (Å²) < 4.78 is 8.12. The van der Waals surface area contributed by atoms with Crippen LogP contribution in [0.3, 0.4) is 0 Å². The lowest BCUT2D eigenvalue weighted by Crippen LogP contribution is -2.25. The highest BCUT2D eigenvalue weighted by Crippen LogP contribution is 2.37. The van der Waals surface area contributed by atoms with Gasteiger partial charge in [-0.1, -0.05) is 50.5 Å². The molecular weight excluding hydrogens is 374 g/mol. The second-order valence-corrected chi connectivity index (χ2v) is 7.98. The molecule has 158 valence electrons. The molecule has 1 unspecified atom stereocenters. The van der Waals surface area contributed by atoms with Crippen molar-refractivity contribution in [1.29, 1.82) is 0 Å². The Kier molecular flexibility index (Phi) is 6.36. The van der Waals surface area contributed by atoms with Crippen LogP contribution in [0.15, 0.2) is 48.5 Å². The lowest BCUT2D eigenvalue weighted by molar-refractivity contribution is -0.117. The molecule has 2 aromatic carbocycles. The Morgan fingerprint density at radius 3 is 2.67 bits per heavy atom. The number of amides is 1. The quantitative estimate of drug-likeness (QED) is 0.439. The minimum absolute atomic E-state index is 0.0887. The smallest absolute Gasteiger partial charge is 0.227 e. The minimum atomic E-state index is 0.0887. The predicted molar refractivity (Wildman–Crippen MR) is 121 cm³/mol. The Labute approximate surface area is 178 Å². The normalized spacial score (nSPS) is 16.5.